The zero-order valence-electron chi connectivity index (χ0n) is 21.4. The lowest BCUT2D eigenvalue weighted by Gasteiger charge is -2.24. The first kappa shape index (κ1) is 27.0. The van der Waals surface area contributed by atoms with Crippen LogP contribution in [0.4, 0.5) is 4.39 Å². The second kappa shape index (κ2) is 11.1. The van der Waals surface area contributed by atoms with E-state index in [1.165, 1.54) is 48.1 Å². The van der Waals surface area contributed by atoms with Crippen molar-refractivity contribution in [1.29, 1.82) is 0 Å². The van der Waals surface area contributed by atoms with Gasteiger partial charge in [-0.15, -0.1) is 0 Å². The molecular formula is C28H28FN3O5S. The number of hydrazone groups is 1. The fraction of sp³-hybridized carbons (Fsp3) is 0.250. The monoisotopic (exact) mass is 537 g/mol. The fourth-order valence-corrected chi connectivity index (χ4v) is 5.00. The van der Waals surface area contributed by atoms with Crippen LogP contribution in [0.15, 0.2) is 71.8 Å². The van der Waals surface area contributed by atoms with Crippen LogP contribution in [0.3, 0.4) is 0 Å². The van der Waals surface area contributed by atoms with E-state index in [-0.39, 0.29) is 23.8 Å². The van der Waals surface area contributed by atoms with Crippen molar-refractivity contribution in [3.05, 3.63) is 89.2 Å². The molecule has 1 heterocycles. The minimum Gasteiger partial charge on any atom is -0.507 e. The number of hydrogen-bond acceptors (Lipinski definition) is 7. The Morgan fingerprint density at radius 3 is 2.45 bits per heavy atom. The molecule has 0 radical (unpaired) electrons. The molecule has 1 aliphatic heterocycles. The number of thioether (sulfide) groups is 1. The Labute approximate surface area is 224 Å². The minimum atomic E-state index is -0.705. The van der Waals surface area contributed by atoms with Gasteiger partial charge in [-0.3, -0.25) is 9.59 Å². The highest BCUT2D eigenvalue weighted by Gasteiger charge is 2.37. The Bertz CT molecular complexity index is 1370. The van der Waals surface area contributed by atoms with E-state index in [1.54, 1.807) is 42.5 Å². The number of phenols is 1. The Kier molecular flexibility index (Phi) is 7.91. The number of phenolic OH excluding ortho intramolecular Hbond substituents is 1. The summed E-state index contributed by atoms with van der Waals surface area (Å²) in [5.41, 5.74) is 0.854. The second-order valence-electron chi connectivity index (χ2n) is 9.51. The van der Waals surface area contributed by atoms with E-state index in [2.05, 4.69) is 10.4 Å². The molecule has 0 fully saturated rings. The molecule has 2 amide bonds. The van der Waals surface area contributed by atoms with E-state index in [4.69, 9.17) is 9.47 Å². The quantitative estimate of drug-likeness (QED) is 0.436. The van der Waals surface area contributed by atoms with Gasteiger partial charge in [-0.2, -0.15) is 5.10 Å². The lowest BCUT2D eigenvalue weighted by Crippen LogP contribution is -2.43. The third kappa shape index (κ3) is 6.08. The molecule has 8 nitrogen and oxygen atoms in total. The van der Waals surface area contributed by atoms with E-state index in [0.717, 1.165) is 0 Å². The van der Waals surface area contributed by atoms with Crippen molar-refractivity contribution in [2.45, 2.75) is 31.7 Å². The summed E-state index contributed by atoms with van der Waals surface area (Å²) in [5, 5.41) is 18.8. The van der Waals surface area contributed by atoms with E-state index in [9.17, 15) is 19.1 Å². The summed E-state index contributed by atoms with van der Waals surface area (Å²) in [7, 11) is 1.47. The van der Waals surface area contributed by atoms with Gasteiger partial charge in [0.25, 0.3) is 11.8 Å². The number of aromatic hydroxyl groups is 1. The number of amides is 2. The van der Waals surface area contributed by atoms with Gasteiger partial charge in [0, 0.05) is 16.7 Å². The Morgan fingerprint density at radius 2 is 1.79 bits per heavy atom. The maximum absolute atomic E-state index is 13.6. The first-order valence-electron chi connectivity index (χ1n) is 11.8. The molecule has 3 aromatic carbocycles. The van der Waals surface area contributed by atoms with Crippen LogP contribution in [0.5, 0.6) is 17.2 Å². The molecule has 3 aromatic rings. The molecule has 0 bridgehead atoms. The molecular weight excluding hydrogens is 509 g/mol. The molecule has 4 rings (SSSR count). The first-order valence-corrected chi connectivity index (χ1v) is 12.7. The van der Waals surface area contributed by atoms with Crippen LogP contribution < -0.4 is 14.8 Å². The highest BCUT2D eigenvalue weighted by Crippen LogP contribution is 2.47. The number of carbonyl (C=O) groups is 2. The van der Waals surface area contributed by atoms with Gasteiger partial charge in [-0.1, -0.05) is 36.0 Å². The zero-order chi connectivity index (χ0) is 27.4. The highest BCUT2D eigenvalue weighted by molar-refractivity contribution is 8.14. The van der Waals surface area contributed by atoms with E-state index >= 15 is 0 Å². The number of hydrogen-bond donors (Lipinski definition) is 2. The summed E-state index contributed by atoms with van der Waals surface area (Å²) in [6, 6.07) is 17.2. The van der Waals surface area contributed by atoms with Crippen molar-refractivity contribution in [3.63, 3.8) is 0 Å². The van der Waals surface area contributed by atoms with Gasteiger partial charge in [0.15, 0.2) is 18.1 Å². The summed E-state index contributed by atoms with van der Waals surface area (Å²) >= 11 is 1.27. The van der Waals surface area contributed by atoms with Gasteiger partial charge < -0.3 is 19.9 Å². The summed E-state index contributed by atoms with van der Waals surface area (Å²) in [4.78, 5) is 25.9. The molecule has 10 heteroatoms. The summed E-state index contributed by atoms with van der Waals surface area (Å²) < 4.78 is 25.0. The van der Waals surface area contributed by atoms with Crippen LogP contribution >= 0.6 is 11.8 Å². The average molecular weight is 538 g/mol. The number of nitrogens with one attached hydrogen (secondary N) is 1. The normalized spacial score (nSPS) is 15.1. The molecule has 2 N–H and O–H groups in total. The van der Waals surface area contributed by atoms with Crippen LogP contribution in [-0.4, -0.2) is 46.2 Å². The third-order valence-electron chi connectivity index (χ3n) is 5.43. The average Bonchev–Trinajstić information content (AvgIpc) is 3.32. The van der Waals surface area contributed by atoms with Gasteiger partial charge in [-0.25, -0.2) is 9.40 Å². The predicted octanol–water partition coefficient (Wildman–Crippen LogP) is 5.08. The molecule has 198 valence electrons. The highest BCUT2D eigenvalue weighted by atomic mass is 32.2. The van der Waals surface area contributed by atoms with Crippen LogP contribution in [0.2, 0.25) is 0 Å². The van der Waals surface area contributed by atoms with Crippen molar-refractivity contribution in [2.75, 3.05) is 13.7 Å². The maximum atomic E-state index is 13.6. The Balaban J connectivity index is 1.70. The fourth-order valence-electron chi connectivity index (χ4n) is 3.83. The van der Waals surface area contributed by atoms with E-state index in [0.29, 0.717) is 27.7 Å². The van der Waals surface area contributed by atoms with Gasteiger partial charge in [0.05, 0.1) is 12.7 Å². The first-order chi connectivity index (χ1) is 18.1. The second-order valence-corrected chi connectivity index (χ2v) is 10.6. The summed E-state index contributed by atoms with van der Waals surface area (Å²) in [5.74, 6) is -0.744. The number of nitrogens with zero attached hydrogens (tertiary/aromatic N) is 2. The number of methoxy groups -OCH3 is 1. The largest absolute Gasteiger partial charge is 0.507 e. The van der Waals surface area contributed by atoms with Crippen molar-refractivity contribution in [1.82, 2.24) is 10.3 Å². The molecule has 1 aliphatic rings. The number of benzene rings is 3. The van der Waals surface area contributed by atoms with Gasteiger partial charge in [-0.05, 0) is 63.2 Å². The smallest absolute Gasteiger partial charge is 0.279 e. The topological polar surface area (TPSA) is 100 Å². The third-order valence-corrected chi connectivity index (χ3v) is 6.65. The minimum absolute atomic E-state index is 0.0763. The van der Waals surface area contributed by atoms with Gasteiger partial charge in [0.1, 0.15) is 22.0 Å². The van der Waals surface area contributed by atoms with Crippen molar-refractivity contribution in [2.24, 2.45) is 5.10 Å². The Morgan fingerprint density at radius 1 is 1.08 bits per heavy atom. The maximum Gasteiger partial charge on any atom is 0.279 e. The molecule has 0 spiro atoms. The molecule has 0 saturated carbocycles. The Hall–Kier alpha value is -4.05. The summed E-state index contributed by atoms with van der Waals surface area (Å²) in [6.07, 6.45) is 0. The van der Waals surface area contributed by atoms with Crippen LogP contribution in [0.1, 0.15) is 47.6 Å². The molecule has 1 atom stereocenters. The number of halogens is 1. The van der Waals surface area contributed by atoms with Crippen molar-refractivity contribution >= 4 is 28.6 Å². The lowest BCUT2D eigenvalue weighted by atomic mass is 10.1. The van der Waals surface area contributed by atoms with Crippen molar-refractivity contribution < 1.29 is 28.6 Å². The van der Waals surface area contributed by atoms with E-state index in [1.807, 2.05) is 20.8 Å². The molecule has 1 unspecified atom stereocenters. The molecule has 0 saturated heterocycles. The standard InChI is InChI=1S/C28H28FN3O5S/c1-28(2,3)30-23(34)16-37-22-11-7-9-20(24(22)36-4)27-32(26(35)19-8-5-6-10-21(19)33)31-25(38-27)17-12-14-18(29)15-13-17/h5-15,27,33H,16H2,1-4H3,(H,30,34). The number of carbonyl (C=O) groups excluding carboxylic acids is 2. The SMILES string of the molecule is COc1c(OCC(=O)NC(C)(C)C)cccc1C1SC(c2ccc(F)cc2)=NN1C(=O)c1ccccc1O. The van der Waals surface area contributed by atoms with Gasteiger partial charge >= 0.3 is 0 Å². The van der Waals surface area contributed by atoms with E-state index < -0.39 is 22.6 Å². The number of rotatable bonds is 7. The molecule has 0 aromatic heterocycles. The molecule has 38 heavy (non-hydrogen) atoms. The van der Waals surface area contributed by atoms with Crippen LogP contribution in [0, 0.1) is 5.82 Å². The zero-order valence-corrected chi connectivity index (χ0v) is 22.2. The van der Waals surface area contributed by atoms with Crippen molar-refractivity contribution in [3.8, 4) is 17.2 Å². The lowest BCUT2D eigenvalue weighted by molar-refractivity contribution is -0.124. The molecule has 0 aliphatic carbocycles. The number of para-hydroxylation sites is 2. The predicted molar refractivity (Wildman–Crippen MR) is 144 cm³/mol. The van der Waals surface area contributed by atoms with Gasteiger partial charge in [0.2, 0.25) is 0 Å². The van der Waals surface area contributed by atoms with Crippen LogP contribution in [-0.2, 0) is 4.79 Å². The van der Waals surface area contributed by atoms with Crippen LogP contribution in [0.25, 0.3) is 0 Å². The number of ether oxygens (including phenoxy) is 2. The summed E-state index contributed by atoms with van der Waals surface area (Å²) in [6.45, 7) is 5.39.